The van der Waals surface area contributed by atoms with E-state index in [-0.39, 0.29) is 0 Å². The summed E-state index contributed by atoms with van der Waals surface area (Å²) in [6, 6.07) is 0. The van der Waals surface area contributed by atoms with E-state index in [4.69, 9.17) is 0 Å². The van der Waals surface area contributed by atoms with Crippen LogP contribution < -0.4 is 0 Å². The van der Waals surface area contributed by atoms with Crippen LogP contribution in [-0.4, -0.2) is 21.3 Å². The lowest BCUT2D eigenvalue weighted by atomic mass is 9.83. The first kappa shape index (κ1) is 13.0. The minimum absolute atomic E-state index is 0.330. The first-order chi connectivity index (χ1) is 6.93. The molecular weight excluding hydrogens is 224 g/mol. The maximum absolute atomic E-state index is 4.43. The highest BCUT2D eigenvalue weighted by Gasteiger charge is 2.23. The fourth-order valence-corrected chi connectivity index (χ4v) is 3.46. The zero-order valence-corrected chi connectivity index (χ0v) is 11.6. The van der Waals surface area contributed by atoms with Gasteiger partial charge in [0.25, 0.3) is 0 Å². The number of aromatic nitrogens is 2. The highest BCUT2D eigenvalue weighted by molar-refractivity contribution is 7.99. The zero-order chi connectivity index (χ0) is 11.5. The lowest BCUT2D eigenvalue weighted by Crippen LogP contribution is -2.24. The molecule has 15 heavy (non-hydrogen) atoms. The molecule has 0 aliphatic heterocycles. The second-order valence-electron chi connectivity index (χ2n) is 4.91. The molecule has 0 saturated carbocycles. The Kier molecular flexibility index (Phi) is 4.59. The van der Waals surface area contributed by atoms with Gasteiger partial charge in [0.05, 0.1) is 6.20 Å². The topological polar surface area (TPSA) is 17.8 Å². The van der Waals surface area contributed by atoms with Crippen molar-refractivity contribution in [2.24, 2.45) is 18.4 Å². The average Bonchev–Trinajstić information content (AvgIpc) is 2.50. The van der Waals surface area contributed by atoms with Gasteiger partial charge >= 0.3 is 0 Å². The SMILES string of the molecule is Cn1cc(SCC(CS)C(C)(C)C)cn1. The monoisotopic (exact) mass is 244 g/mol. The molecule has 4 heteroatoms. The van der Waals surface area contributed by atoms with Gasteiger partial charge in [-0.1, -0.05) is 20.8 Å². The van der Waals surface area contributed by atoms with Crippen molar-refractivity contribution in [3.63, 3.8) is 0 Å². The number of hydrogen-bond donors (Lipinski definition) is 1. The molecule has 1 heterocycles. The first-order valence-corrected chi connectivity index (χ1v) is 6.77. The van der Waals surface area contributed by atoms with Crippen molar-refractivity contribution in [1.82, 2.24) is 9.78 Å². The molecular formula is C11H20N2S2. The molecule has 0 aliphatic rings. The number of thiol groups is 1. The summed E-state index contributed by atoms with van der Waals surface area (Å²) in [4.78, 5) is 1.24. The summed E-state index contributed by atoms with van der Waals surface area (Å²) in [5.41, 5.74) is 0.330. The molecule has 0 aromatic carbocycles. The minimum atomic E-state index is 0.330. The number of aryl methyl sites for hydroxylation is 1. The van der Waals surface area contributed by atoms with Crippen molar-refractivity contribution in [3.8, 4) is 0 Å². The van der Waals surface area contributed by atoms with Crippen molar-refractivity contribution in [1.29, 1.82) is 0 Å². The Morgan fingerprint density at radius 3 is 2.60 bits per heavy atom. The van der Waals surface area contributed by atoms with Gasteiger partial charge in [-0.2, -0.15) is 17.7 Å². The normalized spacial score (nSPS) is 14.2. The van der Waals surface area contributed by atoms with E-state index in [9.17, 15) is 0 Å². The Morgan fingerprint density at radius 1 is 1.53 bits per heavy atom. The van der Waals surface area contributed by atoms with Gasteiger partial charge in [0.1, 0.15) is 0 Å². The van der Waals surface area contributed by atoms with Crippen LogP contribution in [0.25, 0.3) is 0 Å². The molecule has 0 radical (unpaired) electrons. The average molecular weight is 244 g/mol. The maximum Gasteiger partial charge on any atom is 0.0625 e. The molecule has 0 fully saturated rings. The molecule has 86 valence electrons. The molecule has 0 aliphatic carbocycles. The Bertz CT molecular complexity index is 302. The van der Waals surface area contributed by atoms with Crippen molar-refractivity contribution in [2.45, 2.75) is 25.7 Å². The van der Waals surface area contributed by atoms with E-state index < -0.39 is 0 Å². The quantitative estimate of drug-likeness (QED) is 0.648. The van der Waals surface area contributed by atoms with Crippen LogP contribution in [0.2, 0.25) is 0 Å². The third-order valence-electron chi connectivity index (χ3n) is 2.58. The highest BCUT2D eigenvalue weighted by Crippen LogP contribution is 2.32. The molecule has 0 saturated heterocycles. The molecule has 1 rings (SSSR count). The summed E-state index contributed by atoms with van der Waals surface area (Å²) in [5, 5.41) is 4.16. The van der Waals surface area contributed by atoms with E-state index in [1.807, 2.05) is 29.7 Å². The van der Waals surface area contributed by atoms with E-state index in [1.54, 1.807) is 0 Å². The minimum Gasteiger partial charge on any atom is -0.275 e. The number of nitrogens with zero attached hydrogens (tertiary/aromatic N) is 2. The van der Waals surface area contributed by atoms with Crippen LogP contribution in [0.1, 0.15) is 20.8 Å². The van der Waals surface area contributed by atoms with E-state index >= 15 is 0 Å². The van der Waals surface area contributed by atoms with E-state index in [1.165, 1.54) is 4.90 Å². The first-order valence-electron chi connectivity index (χ1n) is 5.16. The molecule has 1 atom stereocenters. The van der Waals surface area contributed by atoms with Crippen molar-refractivity contribution >= 4 is 24.4 Å². The number of hydrogen-bond acceptors (Lipinski definition) is 3. The Labute approximate surface area is 102 Å². The highest BCUT2D eigenvalue weighted by atomic mass is 32.2. The van der Waals surface area contributed by atoms with E-state index in [2.05, 4.69) is 44.7 Å². The molecule has 0 N–H and O–H groups in total. The van der Waals surface area contributed by atoms with Crippen molar-refractivity contribution in [2.75, 3.05) is 11.5 Å². The summed E-state index contributed by atoms with van der Waals surface area (Å²) in [6.45, 7) is 6.83. The van der Waals surface area contributed by atoms with Crippen LogP contribution in [0.3, 0.4) is 0 Å². The predicted octanol–water partition coefficient (Wildman–Crippen LogP) is 3.10. The number of thioether (sulfide) groups is 1. The Morgan fingerprint density at radius 2 is 2.20 bits per heavy atom. The van der Waals surface area contributed by atoms with Gasteiger partial charge in [0.15, 0.2) is 0 Å². The van der Waals surface area contributed by atoms with Crippen LogP contribution in [-0.2, 0) is 7.05 Å². The summed E-state index contributed by atoms with van der Waals surface area (Å²) < 4.78 is 1.84. The van der Waals surface area contributed by atoms with E-state index in [0.717, 1.165) is 11.5 Å². The van der Waals surface area contributed by atoms with Gasteiger partial charge in [0.2, 0.25) is 0 Å². The zero-order valence-electron chi connectivity index (χ0n) is 9.90. The van der Waals surface area contributed by atoms with Gasteiger partial charge in [-0.05, 0) is 17.1 Å². The van der Waals surface area contributed by atoms with Gasteiger partial charge in [-0.3, -0.25) is 4.68 Å². The lowest BCUT2D eigenvalue weighted by molar-refractivity contribution is 0.294. The van der Waals surface area contributed by atoms with Gasteiger partial charge in [-0.25, -0.2) is 0 Å². The maximum atomic E-state index is 4.43. The third-order valence-corrected chi connectivity index (χ3v) is 4.13. The third kappa shape index (κ3) is 4.11. The van der Waals surface area contributed by atoms with E-state index in [0.29, 0.717) is 11.3 Å². The van der Waals surface area contributed by atoms with Crippen LogP contribution in [0.4, 0.5) is 0 Å². The van der Waals surface area contributed by atoms with Crippen LogP contribution in [0.15, 0.2) is 17.3 Å². The summed E-state index contributed by atoms with van der Waals surface area (Å²) in [7, 11) is 1.95. The Balaban J connectivity index is 2.48. The number of rotatable bonds is 4. The molecule has 1 unspecified atom stereocenters. The van der Waals surface area contributed by atoms with Crippen molar-refractivity contribution < 1.29 is 0 Å². The fraction of sp³-hybridized carbons (Fsp3) is 0.727. The van der Waals surface area contributed by atoms with Crippen molar-refractivity contribution in [3.05, 3.63) is 12.4 Å². The molecule has 2 nitrogen and oxygen atoms in total. The summed E-state index contributed by atoms with van der Waals surface area (Å²) >= 11 is 6.30. The molecule has 1 aromatic rings. The fourth-order valence-electron chi connectivity index (χ4n) is 1.25. The molecule has 0 spiro atoms. The second kappa shape index (κ2) is 5.30. The van der Waals surface area contributed by atoms with Crippen LogP contribution in [0.5, 0.6) is 0 Å². The van der Waals surface area contributed by atoms with Crippen LogP contribution in [0, 0.1) is 11.3 Å². The molecule has 1 aromatic heterocycles. The smallest absolute Gasteiger partial charge is 0.0625 e. The standard InChI is InChI=1S/C11H20N2S2/c1-11(2,3)9(7-14)8-15-10-5-12-13(4)6-10/h5-6,9,14H,7-8H2,1-4H3. The largest absolute Gasteiger partial charge is 0.275 e. The summed E-state index contributed by atoms with van der Waals surface area (Å²) in [5.74, 6) is 2.68. The second-order valence-corrected chi connectivity index (χ2v) is 6.36. The predicted molar refractivity (Wildman–Crippen MR) is 70.7 cm³/mol. The van der Waals surface area contributed by atoms with Gasteiger partial charge in [0, 0.05) is 23.9 Å². The Hall–Kier alpha value is -0.0900. The summed E-state index contributed by atoms with van der Waals surface area (Å²) in [6.07, 6.45) is 3.98. The van der Waals surface area contributed by atoms with Crippen LogP contribution >= 0.6 is 24.4 Å². The van der Waals surface area contributed by atoms with Gasteiger partial charge in [-0.15, -0.1) is 11.8 Å². The molecule has 0 amide bonds. The van der Waals surface area contributed by atoms with Gasteiger partial charge < -0.3 is 0 Å². The lowest BCUT2D eigenvalue weighted by Gasteiger charge is -2.28. The molecule has 0 bridgehead atoms.